The number of Topliss-reactive ketones (excluding diaryl/α,β-unsaturated/α-hetero) is 1. The van der Waals surface area contributed by atoms with Crippen molar-refractivity contribution >= 4 is 11.9 Å². The maximum atomic E-state index is 12.0. The predicted molar refractivity (Wildman–Crippen MR) is 124 cm³/mol. The summed E-state index contributed by atoms with van der Waals surface area (Å²) in [6.45, 7) is 9.32. The molecule has 1 heterocycles. The molecule has 1 atom stereocenters. The van der Waals surface area contributed by atoms with Crippen LogP contribution in [-0.4, -0.2) is 24.1 Å². The molecular formula is C25H33NO6. The first-order valence-corrected chi connectivity index (χ1v) is 10.5. The molecular weight excluding hydrogens is 410 g/mol. The average Bonchev–Trinajstić information content (AvgIpc) is 2.74. The molecule has 1 unspecified atom stereocenters. The topological polar surface area (TPSA) is 106 Å². The number of nitrogens with one attached hydrogen (secondary N) is 1. The number of carbonyl (C=O) groups excluding carboxylic acids is 2. The molecule has 0 fully saturated rings. The first-order chi connectivity index (χ1) is 15.1. The van der Waals surface area contributed by atoms with Gasteiger partial charge in [0.1, 0.15) is 17.1 Å². The van der Waals surface area contributed by atoms with E-state index < -0.39 is 23.4 Å². The van der Waals surface area contributed by atoms with E-state index in [2.05, 4.69) is 48.2 Å². The number of benzene rings is 1. The molecule has 0 saturated heterocycles. The summed E-state index contributed by atoms with van der Waals surface area (Å²) in [5.41, 5.74) is 1.53. The highest BCUT2D eigenvalue weighted by Gasteiger charge is 2.22. The highest BCUT2D eigenvalue weighted by molar-refractivity contribution is 5.99. The smallest absolute Gasteiger partial charge is 0.410 e. The fraction of sp³-hybridized carbons (Fsp3) is 0.400. The number of ketones is 1. The van der Waals surface area contributed by atoms with Crippen LogP contribution in [0.5, 0.6) is 5.75 Å². The first-order valence-electron chi connectivity index (χ1n) is 10.5. The minimum atomic E-state index is -0.821. The van der Waals surface area contributed by atoms with Gasteiger partial charge in [0.05, 0.1) is 7.11 Å². The highest BCUT2D eigenvalue weighted by atomic mass is 16.5. The number of alkyl carbamates (subject to hydrolysis) is 1. The molecule has 1 aromatic heterocycles. The van der Waals surface area contributed by atoms with Crippen molar-refractivity contribution in [3.8, 4) is 5.75 Å². The number of hydrogen-bond donors (Lipinski definition) is 2. The van der Waals surface area contributed by atoms with Gasteiger partial charge in [0, 0.05) is 24.1 Å². The lowest BCUT2D eigenvalue weighted by Gasteiger charge is -2.11. The van der Waals surface area contributed by atoms with Crippen LogP contribution >= 0.6 is 0 Å². The van der Waals surface area contributed by atoms with Crippen LogP contribution in [0.2, 0.25) is 0 Å². The fourth-order valence-corrected chi connectivity index (χ4v) is 2.65. The summed E-state index contributed by atoms with van der Waals surface area (Å²) in [5.74, 6) is -1.04. The van der Waals surface area contributed by atoms with E-state index in [0.29, 0.717) is 18.6 Å². The second-order valence-electron chi connectivity index (χ2n) is 7.89. The highest BCUT2D eigenvalue weighted by Crippen LogP contribution is 2.25. The van der Waals surface area contributed by atoms with E-state index in [-0.39, 0.29) is 17.2 Å². The molecule has 0 aliphatic carbocycles. The molecule has 1 amide bonds. The molecule has 174 valence electrons. The SMILES string of the molecule is COC(=O)N/C=C/CCC(C)c1cc(O)c(C(=O)C(C)C)c(=O)o1.Cc1ccc(C)cc1. The lowest BCUT2D eigenvalue weighted by molar-refractivity contribution is 0.0931. The maximum absolute atomic E-state index is 12.0. The van der Waals surface area contributed by atoms with Crippen LogP contribution < -0.4 is 10.9 Å². The normalized spacial score (nSPS) is 11.6. The van der Waals surface area contributed by atoms with Crippen molar-refractivity contribution in [3.63, 3.8) is 0 Å². The number of allylic oxidation sites excluding steroid dienone is 1. The van der Waals surface area contributed by atoms with E-state index in [0.717, 1.165) is 0 Å². The summed E-state index contributed by atoms with van der Waals surface area (Å²) in [5, 5.41) is 12.4. The van der Waals surface area contributed by atoms with Gasteiger partial charge in [0.25, 0.3) is 0 Å². The monoisotopic (exact) mass is 443 g/mol. The lowest BCUT2D eigenvalue weighted by atomic mass is 9.99. The molecule has 0 saturated carbocycles. The quantitative estimate of drug-likeness (QED) is 0.567. The Labute approximate surface area is 189 Å². The molecule has 0 spiro atoms. The Morgan fingerprint density at radius 2 is 1.69 bits per heavy atom. The predicted octanol–water partition coefficient (Wildman–Crippen LogP) is 5.24. The van der Waals surface area contributed by atoms with Gasteiger partial charge in [-0.05, 0) is 26.7 Å². The zero-order valence-corrected chi connectivity index (χ0v) is 19.6. The molecule has 7 heteroatoms. The molecule has 1 aromatic carbocycles. The minimum Gasteiger partial charge on any atom is -0.507 e. The van der Waals surface area contributed by atoms with Gasteiger partial charge in [-0.1, -0.05) is 62.2 Å². The summed E-state index contributed by atoms with van der Waals surface area (Å²) in [4.78, 5) is 34.7. The number of hydrogen-bond acceptors (Lipinski definition) is 6. The number of aromatic hydroxyl groups is 1. The van der Waals surface area contributed by atoms with Gasteiger partial charge >= 0.3 is 11.7 Å². The maximum Gasteiger partial charge on any atom is 0.410 e. The summed E-state index contributed by atoms with van der Waals surface area (Å²) < 4.78 is 9.60. The van der Waals surface area contributed by atoms with Gasteiger partial charge < -0.3 is 14.3 Å². The van der Waals surface area contributed by atoms with Gasteiger partial charge in [0.2, 0.25) is 0 Å². The largest absolute Gasteiger partial charge is 0.507 e. The fourth-order valence-electron chi connectivity index (χ4n) is 2.65. The van der Waals surface area contributed by atoms with Crippen LogP contribution in [0.15, 0.2) is 51.8 Å². The van der Waals surface area contributed by atoms with Crippen molar-refractivity contribution in [2.45, 2.75) is 53.4 Å². The number of carbonyl (C=O) groups is 2. The average molecular weight is 444 g/mol. The van der Waals surface area contributed by atoms with Gasteiger partial charge in [-0.25, -0.2) is 9.59 Å². The van der Waals surface area contributed by atoms with Gasteiger partial charge in [0.15, 0.2) is 5.78 Å². The van der Waals surface area contributed by atoms with Crippen molar-refractivity contribution < 1.29 is 23.8 Å². The lowest BCUT2D eigenvalue weighted by Crippen LogP contribution is -2.19. The summed E-state index contributed by atoms with van der Waals surface area (Å²) in [6, 6.07) is 9.80. The van der Waals surface area contributed by atoms with Gasteiger partial charge in [-0.3, -0.25) is 10.1 Å². The molecule has 2 rings (SSSR count). The number of ether oxygens (including phenoxy) is 1. The Bertz CT molecular complexity index is 952. The molecule has 32 heavy (non-hydrogen) atoms. The van der Waals surface area contributed by atoms with Crippen LogP contribution in [-0.2, 0) is 4.74 Å². The van der Waals surface area contributed by atoms with Crippen molar-refractivity contribution in [1.82, 2.24) is 5.32 Å². The first kappa shape index (κ1) is 26.7. The molecule has 2 aromatic rings. The Kier molecular flexibility index (Phi) is 11.0. The Balaban J connectivity index is 0.000000533. The van der Waals surface area contributed by atoms with E-state index in [1.54, 1.807) is 19.9 Å². The van der Waals surface area contributed by atoms with E-state index >= 15 is 0 Å². The second kappa shape index (κ2) is 13.1. The number of aryl methyl sites for hydroxylation is 2. The molecule has 7 nitrogen and oxygen atoms in total. The third-order valence-corrected chi connectivity index (χ3v) is 4.70. The van der Waals surface area contributed by atoms with Crippen molar-refractivity contribution in [1.29, 1.82) is 0 Å². The second-order valence-corrected chi connectivity index (χ2v) is 7.89. The standard InChI is InChI=1S/C17H23NO6.C8H10/c1-10(2)15(20)14-12(19)9-13(24-16(14)21)11(3)7-5-6-8-18-17(22)23-4;1-7-3-5-8(2)6-4-7/h6,8-11,19H,5,7H2,1-4H3,(H,18,22);3-6H,1-2H3/b8-6+;. The Morgan fingerprint density at radius 1 is 1.12 bits per heavy atom. The third kappa shape index (κ3) is 8.79. The number of methoxy groups -OCH3 is 1. The van der Waals surface area contributed by atoms with Crippen LogP contribution in [0.4, 0.5) is 4.79 Å². The Morgan fingerprint density at radius 3 is 2.16 bits per heavy atom. The van der Waals surface area contributed by atoms with Crippen molar-refractivity contribution in [2.75, 3.05) is 7.11 Å². The van der Waals surface area contributed by atoms with E-state index in [1.165, 1.54) is 30.5 Å². The van der Waals surface area contributed by atoms with Crippen LogP contribution in [0.3, 0.4) is 0 Å². The number of rotatable bonds is 7. The van der Waals surface area contributed by atoms with Gasteiger partial charge in [-0.2, -0.15) is 0 Å². The summed E-state index contributed by atoms with van der Waals surface area (Å²) in [7, 11) is 1.27. The zero-order valence-electron chi connectivity index (χ0n) is 19.6. The van der Waals surface area contributed by atoms with Gasteiger partial charge in [-0.15, -0.1) is 0 Å². The van der Waals surface area contributed by atoms with Crippen LogP contribution in [0.25, 0.3) is 0 Å². The minimum absolute atomic E-state index is 0.144. The summed E-state index contributed by atoms with van der Waals surface area (Å²) in [6.07, 6.45) is 3.89. The van der Waals surface area contributed by atoms with E-state index in [1.807, 2.05) is 6.92 Å². The molecule has 0 radical (unpaired) electrons. The molecule has 0 aliphatic heterocycles. The molecule has 0 bridgehead atoms. The number of amides is 1. The third-order valence-electron chi connectivity index (χ3n) is 4.70. The molecule has 0 aliphatic rings. The van der Waals surface area contributed by atoms with E-state index in [9.17, 15) is 19.5 Å². The van der Waals surface area contributed by atoms with Crippen LogP contribution in [0, 0.1) is 19.8 Å². The summed E-state index contributed by atoms with van der Waals surface area (Å²) >= 11 is 0. The van der Waals surface area contributed by atoms with E-state index in [4.69, 9.17) is 4.42 Å². The van der Waals surface area contributed by atoms with Crippen molar-refractivity contribution in [2.24, 2.45) is 5.92 Å². The van der Waals surface area contributed by atoms with Crippen molar-refractivity contribution in [3.05, 3.63) is 75.5 Å². The molecule has 2 N–H and O–H groups in total. The zero-order chi connectivity index (χ0) is 24.3. The Hall–Kier alpha value is -3.35. The van der Waals surface area contributed by atoms with Crippen LogP contribution in [0.1, 0.15) is 66.8 Å².